The van der Waals surface area contributed by atoms with Crippen molar-refractivity contribution in [1.29, 1.82) is 0 Å². The van der Waals surface area contributed by atoms with Crippen LogP contribution in [0.15, 0.2) is 12.2 Å². The van der Waals surface area contributed by atoms with Crippen LogP contribution in [-0.4, -0.2) is 48.4 Å². The first kappa shape index (κ1) is 18.0. The van der Waals surface area contributed by atoms with Gasteiger partial charge < -0.3 is 4.90 Å². The summed E-state index contributed by atoms with van der Waals surface area (Å²) in [5, 5.41) is 0. The molecule has 3 aliphatic rings. The number of nitrogens with zero attached hydrogens (tertiary/aromatic N) is 2. The zero-order valence-corrected chi connectivity index (χ0v) is 15.6. The molecule has 1 atom stereocenters. The molecule has 24 heavy (non-hydrogen) atoms. The maximum absolute atomic E-state index is 12.9. The number of unbranched alkanes of at least 4 members (excludes halogenated alkanes) is 1. The van der Waals surface area contributed by atoms with E-state index in [9.17, 15) is 4.79 Å². The fourth-order valence-electron chi connectivity index (χ4n) is 5.04. The molecule has 0 N–H and O–H groups in total. The molecule has 2 aliphatic heterocycles. The minimum absolute atomic E-state index is 0.338. The maximum Gasteiger partial charge on any atom is 0.225 e. The van der Waals surface area contributed by atoms with Crippen molar-refractivity contribution < 1.29 is 4.79 Å². The fourth-order valence-corrected chi connectivity index (χ4v) is 5.04. The van der Waals surface area contributed by atoms with Gasteiger partial charge in [-0.25, -0.2) is 0 Å². The Labute approximate surface area is 148 Å². The molecule has 3 heteroatoms. The summed E-state index contributed by atoms with van der Waals surface area (Å²) in [6.45, 7) is 7.79. The Hall–Kier alpha value is -0.830. The number of carbonyl (C=O) groups is 1. The number of hydrogen-bond acceptors (Lipinski definition) is 2. The Morgan fingerprint density at radius 3 is 2.67 bits per heavy atom. The highest BCUT2D eigenvalue weighted by Gasteiger charge is 2.43. The molecule has 3 rings (SSSR count). The van der Waals surface area contributed by atoms with E-state index in [-0.39, 0.29) is 0 Å². The van der Waals surface area contributed by atoms with Gasteiger partial charge in [-0.2, -0.15) is 0 Å². The average Bonchev–Trinajstić information content (AvgIpc) is 3.02. The summed E-state index contributed by atoms with van der Waals surface area (Å²) in [5.41, 5.74) is 0.390. The standard InChI is InChI=1S/C21H36N2O/c1-2-3-4-8-14-22-15-9-12-21(17-22)13-16-23(18-21)20(24)19-10-6-5-7-11-19/h4,8,19H,2-3,5-7,9-18H2,1H3/b8-4+/t21-/m0/s1. The van der Waals surface area contributed by atoms with Gasteiger partial charge >= 0.3 is 0 Å². The van der Waals surface area contributed by atoms with Crippen molar-refractivity contribution in [1.82, 2.24) is 9.80 Å². The van der Waals surface area contributed by atoms with Crippen molar-refractivity contribution in [2.24, 2.45) is 11.3 Å². The lowest BCUT2D eigenvalue weighted by molar-refractivity contribution is -0.136. The molecule has 136 valence electrons. The molecule has 1 spiro atoms. The van der Waals surface area contributed by atoms with Gasteiger partial charge in [0.2, 0.25) is 5.91 Å². The van der Waals surface area contributed by atoms with Gasteiger partial charge in [-0.05, 0) is 45.1 Å². The highest BCUT2D eigenvalue weighted by Crippen LogP contribution is 2.40. The minimum Gasteiger partial charge on any atom is -0.342 e. The van der Waals surface area contributed by atoms with Crippen LogP contribution in [-0.2, 0) is 4.79 Å². The number of allylic oxidation sites excluding steroid dienone is 1. The second-order valence-corrected chi connectivity index (χ2v) is 8.44. The predicted octanol–water partition coefficient (Wildman–Crippen LogP) is 4.24. The lowest BCUT2D eigenvalue weighted by Crippen LogP contribution is -2.46. The monoisotopic (exact) mass is 332 g/mol. The maximum atomic E-state index is 12.9. The molecule has 1 saturated carbocycles. The number of carbonyl (C=O) groups excluding carboxylic acids is 1. The first-order valence-electron chi connectivity index (χ1n) is 10.4. The van der Waals surface area contributed by atoms with Gasteiger partial charge in [0.25, 0.3) is 0 Å². The summed E-state index contributed by atoms with van der Waals surface area (Å²) >= 11 is 0. The van der Waals surface area contributed by atoms with Crippen LogP contribution in [0.3, 0.4) is 0 Å². The summed E-state index contributed by atoms with van der Waals surface area (Å²) < 4.78 is 0. The molecule has 0 radical (unpaired) electrons. The molecular weight excluding hydrogens is 296 g/mol. The molecule has 1 aliphatic carbocycles. The van der Waals surface area contributed by atoms with E-state index in [1.165, 1.54) is 64.5 Å². The zero-order valence-electron chi connectivity index (χ0n) is 15.6. The Kier molecular flexibility index (Phi) is 6.37. The summed E-state index contributed by atoms with van der Waals surface area (Å²) in [6.07, 6.45) is 17.1. The van der Waals surface area contributed by atoms with Crippen LogP contribution < -0.4 is 0 Å². The highest BCUT2D eigenvalue weighted by atomic mass is 16.2. The minimum atomic E-state index is 0.338. The van der Waals surface area contributed by atoms with Crippen molar-refractivity contribution in [3.05, 3.63) is 12.2 Å². The van der Waals surface area contributed by atoms with Crippen LogP contribution in [0.4, 0.5) is 0 Å². The number of rotatable bonds is 5. The van der Waals surface area contributed by atoms with Crippen LogP contribution in [0.1, 0.15) is 71.1 Å². The summed E-state index contributed by atoms with van der Waals surface area (Å²) in [5.74, 6) is 0.817. The second-order valence-electron chi connectivity index (χ2n) is 8.44. The van der Waals surface area contributed by atoms with Crippen LogP contribution >= 0.6 is 0 Å². The van der Waals surface area contributed by atoms with Crippen LogP contribution in [0.25, 0.3) is 0 Å². The fraction of sp³-hybridized carbons (Fsp3) is 0.857. The Morgan fingerprint density at radius 1 is 1.04 bits per heavy atom. The quantitative estimate of drug-likeness (QED) is 0.703. The number of amides is 1. The number of piperidine rings is 1. The molecule has 0 aromatic heterocycles. The van der Waals surface area contributed by atoms with Crippen LogP contribution in [0, 0.1) is 11.3 Å². The Bertz CT molecular complexity index is 441. The van der Waals surface area contributed by atoms with Gasteiger partial charge in [0.05, 0.1) is 0 Å². The Balaban J connectivity index is 1.51. The van der Waals surface area contributed by atoms with Gasteiger partial charge in [-0.1, -0.05) is 44.8 Å². The van der Waals surface area contributed by atoms with Crippen molar-refractivity contribution >= 4 is 5.91 Å². The molecule has 3 fully saturated rings. The van der Waals surface area contributed by atoms with Gasteiger partial charge in [0.15, 0.2) is 0 Å². The van der Waals surface area contributed by atoms with E-state index in [1.807, 2.05) is 0 Å². The van der Waals surface area contributed by atoms with Gasteiger partial charge in [-0.3, -0.25) is 9.69 Å². The first-order chi connectivity index (χ1) is 11.7. The molecule has 0 aromatic rings. The van der Waals surface area contributed by atoms with Gasteiger partial charge in [-0.15, -0.1) is 0 Å². The van der Waals surface area contributed by atoms with E-state index >= 15 is 0 Å². The van der Waals surface area contributed by atoms with Gasteiger partial charge in [0.1, 0.15) is 0 Å². The van der Waals surface area contributed by atoms with Crippen LogP contribution in [0.5, 0.6) is 0 Å². The van der Waals surface area contributed by atoms with E-state index in [4.69, 9.17) is 0 Å². The van der Waals surface area contributed by atoms with Crippen molar-refractivity contribution in [3.8, 4) is 0 Å². The SMILES string of the molecule is CCC/C=C/CN1CCC[C@]2(CCN(C(=O)C3CCCCC3)C2)C1. The normalized spacial score (nSPS) is 29.8. The van der Waals surface area contributed by atoms with E-state index < -0.39 is 0 Å². The molecule has 2 heterocycles. The molecule has 3 nitrogen and oxygen atoms in total. The van der Waals surface area contributed by atoms with Crippen LogP contribution in [0.2, 0.25) is 0 Å². The van der Waals surface area contributed by atoms with Crippen molar-refractivity contribution in [2.45, 2.75) is 71.1 Å². The van der Waals surface area contributed by atoms with E-state index in [2.05, 4.69) is 28.9 Å². The Morgan fingerprint density at radius 2 is 1.88 bits per heavy atom. The number of likely N-dealkylation sites (tertiary alicyclic amines) is 2. The predicted molar refractivity (Wildman–Crippen MR) is 99.9 cm³/mol. The topological polar surface area (TPSA) is 23.6 Å². The molecular formula is C21H36N2O. The summed E-state index contributed by atoms with van der Waals surface area (Å²) in [7, 11) is 0. The number of hydrogen-bond donors (Lipinski definition) is 0. The third-order valence-corrected chi connectivity index (χ3v) is 6.43. The van der Waals surface area contributed by atoms with E-state index in [0.29, 0.717) is 17.2 Å². The molecule has 0 bridgehead atoms. The third kappa shape index (κ3) is 4.41. The molecule has 1 amide bonds. The lowest BCUT2D eigenvalue weighted by Gasteiger charge is -2.40. The zero-order chi connectivity index (χ0) is 16.8. The third-order valence-electron chi connectivity index (χ3n) is 6.43. The largest absolute Gasteiger partial charge is 0.342 e. The highest BCUT2D eigenvalue weighted by molar-refractivity contribution is 5.79. The van der Waals surface area contributed by atoms with Crippen molar-refractivity contribution in [3.63, 3.8) is 0 Å². The average molecular weight is 333 g/mol. The lowest BCUT2D eigenvalue weighted by atomic mass is 9.79. The second kappa shape index (κ2) is 8.51. The molecule has 0 unspecified atom stereocenters. The van der Waals surface area contributed by atoms with E-state index in [0.717, 1.165) is 32.5 Å². The summed E-state index contributed by atoms with van der Waals surface area (Å²) in [4.78, 5) is 17.7. The molecule has 0 aromatic carbocycles. The summed E-state index contributed by atoms with van der Waals surface area (Å²) in [6, 6.07) is 0. The first-order valence-corrected chi connectivity index (χ1v) is 10.4. The van der Waals surface area contributed by atoms with Gasteiger partial charge in [0, 0.05) is 37.5 Å². The molecule has 2 saturated heterocycles. The van der Waals surface area contributed by atoms with Crippen molar-refractivity contribution in [2.75, 3.05) is 32.7 Å². The smallest absolute Gasteiger partial charge is 0.225 e. The van der Waals surface area contributed by atoms with E-state index in [1.54, 1.807) is 0 Å².